The summed E-state index contributed by atoms with van der Waals surface area (Å²) in [6, 6.07) is 3.53. The minimum absolute atomic E-state index is 0.405. The van der Waals surface area contributed by atoms with Crippen molar-refractivity contribution in [1.29, 1.82) is 0 Å². The minimum atomic E-state index is 0.405. The average Bonchev–Trinajstić information content (AvgIpc) is 2.58. The van der Waals surface area contributed by atoms with Crippen molar-refractivity contribution in [2.24, 2.45) is 0 Å². The molecule has 2 aromatic heterocycles. The number of halogens is 1. The van der Waals surface area contributed by atoms with Gasteiger partial charge in [-0.15, -0.1) is 10.2 Å². The lowest BCUT2D eigenvalue weighted by Crippen LogP contribution is -1.84. The second-order valence-electron chi connectivity index (χ2n) is 2.15. The molecule has 0 aromatic carbocycles. The second-order valence-corrected chi connectivity index (χ2v) is 3.20. The number of hydrogen-bond acceptors (Lipinski definition) is 4. The predicted molar refractivity (Wildman–Crippen MR) is 48.2 cm³/mol. The summed E-state index contributed by atoms with van der Waals surface area (Å²) >= 11 is 6.97. The smallest absolute Gasteiger partial charge is 0.151 e. The Kier molecular flexibility index (Phi) is 2.01. The molecule has 0 N–H and O–H groups in total. The van der Waals surface area contributed by atoms with E-state index >= 15 is 0 Å². The maximum atomic E-state index is 5.59. The Morgan fingerprint density at radius 2 is 2.17 bits per heavy atom. The van der Waals surface area contributed by atoms with Crippen LogP contribution in [0.4, 0.5) is 0 Å². The van der Waals surface area contributed by atoms with Gasteiger partial charge in [0.2, 0.25) is 0 Å². The maximum absolute atomic E-state index is 5.59. The van der Waals surface area contributed by atoms with Crippen LogP contribution in [0.15, 0.2) is 23.7 Å². The van der Waals surface area contributed by atoms with Crippen molar-refractivity contribution < 1.29 is 0 Å². The molecule has 3 nitrogen and oxygen atoms in total. The van der Waals surface area contributed by atoms with Crippen LogP contribution in [0.3, 0.4) is 0 Å². The van der Waals surface area contributed by atoms with Crippen molar-refractivity contribution in [1.82, 2.24) is 14.6 Å². The Balaban J connectivity index is 2.43. The highest BCUT2D eigenvalue weighted by Gasteiger charge is 1.99. The van der Waals surface area contributed by atoms with E-state index < -0.39 is 0 Å². The molecule has 5 heteroatoms. The van der Waals surface area contributed by atoms with Gasteiger partial charge in [0.25, 0.3) is 0 Å². The Bertz CT molecular complexity index is 357. The van der Waals surface area contributed by atoms with E-state index in [-0.39, 0.29) is 0 Å². The first-order valence-electron chi connectivity index (χ1n) is 3.25. The molecule has 0 saturated carbocycles. The van der Waals surface area contributed by atoms with Crippen LogP contribution in [0.5, 0.6) is 0 Å². The summed E-state index contributed by atoms with van der Waals surface area (Å²) in [5.74, 6) is 0. The van der Waals surface area contributed by atoms with E-state index in [0.29, 0.717) is 5.15 Å². The number of rotatable bonds is 1. The molecule has 2 heterocycles. The molecular weight excluding hydrogens is 194 g/mol. The normalized spacial score (nSPS) is 10.1. The van der Waals surface area contributed by atoms with Gasteiger partial charge in [-0.25, -0.2) is 4.37 Å². The number of hydrogen-bond donors (Lipinski definition) is 0. The molecule has 60 valence electrons. The quantitative estimate of drug-likeness (QED) is 0.704. The molecule has 0 radical (unpaired) electrons. The van der Waals surface area contributed by atoms with Gasteiger partial charge < -0.3 is 0 Å². The van der Waals surface area contributed by atoms with Crippen molar-refractivity contribution in [3.63, 3.8) is 0 Å². The Labute approximate surface area is 78.2 Å². The van der Waals surface area contributed by atoms with Crippen LogP contribution in [-0.4, -0.2) is 14.6 Å². The van der Waals surface area contributed by atoms with E-state index in [1.165, 1.54) is 11.5 Å². The van der Waals surface area contributed by atoms with Crippen LogP contribution in [0, 0.1) is 0 Å². The summed E-state index contributed by atoms with van der Waals surface area (Å²) in [4.78, 5) is 0. The van der Waals surface area contributed by atoms with Gasteiger partial charge in [0.05, 0.1) is 11.9 Å². The Morgan fingerprint density at radius 3 is 2.75 bits per heavy atom. The van der Waals surface area contributed by atoms with Crippen molar-refractivity contribution in [3.8, 4) is 11.3 Å². The van der Waals surface area contributed by atoms with Crippen molar-refractivity contribution in [2.45, 2.75) is 0 Å². The van der Waals surface area contributed by atoms with E-state index in [1.807, 2.05) is 11.4 Å². The summed E-state index contributed by atoms with van der Waals surface area (Å²) in [5.41, 5.74) is 1.78. The number of aromatic nitrogens is 3. The largest absolute Gasteiger partial charge is 0.200 e. The van der Waals surface area contributed by atoms with Gasteiger partial charge in [0.1, 0.15) is 0 Å². The van der Waals surface area contributed by atoms with Gasteiger partial charge in [-0.1, -0.05) is 11.6 Å². The molecular formula is C7H4ClN3S. The lowest BCUT2D eigenvalue weighted by atomic mass is 10.2. The first-order chi connectivity index (χ1) is 5.86. The fraction of sp³-hybridized carbons (Fsp3) is 0. The van der Waals surface area contributed by atoms with Gasteiger partial charge in [-0.2, -0.15) is 0 Å². The molecule has 0 spiro atoms. The molecule has 2 rings (SSSR count). The molecule has 2 aromatic rings. The highest BCUT2D eigenvalue weighted by Crippen LogP contribution is 2.17. The van der Waals surface area contributed by atoms with E-state index in [4.69, 9.17) is 11.6 Å². The zero-order valence-electron chi connectivity index (χ0n) is 5.94. The van der Waals surface area contributed by atoms with E-state index in [0.717, 1.165) is 11.3 Å². The van der Waals surface area contributed by atoms with Gasteiger partial charge in [-0.3, -0.25) is 0 Å². The summed E-state index contributed by atoms with van der Waals surface area (Å²) in [6.07, 6.45) is 1.75. The topological polar surface area (TPSA) is 38.7 Å². The molecule has 0 amide bonds. The first-order valence-corrected chi connectivity index (χ1v) is 4.47. The van der Waals surface area contributed by atoms with E-state index in [9.17, 15) is 0 Å². The molecule has 0 bridgehead atoms. The molecule has 0 atom stereocenters. The van der Waals surface area contributed by atoms with Crippen LogP contribution in [0.25, 0.3) is 11.3 Å². The molecule has 0 aliphatic carbocycles. The minimum Gasteiger partial charge on any atom is -0.200 e. The van der Waals surface area contributed by atoms with Crippen LogP contribution in [-0.2, 0) is 0 Å². The highest BCUT2D eigenvalue weighted by molar-refractivity contribution is 7.03. The molecule has 0 aliphatic rings. The monoisotopic (exact) mass is 197 g/mol. The molecule has 0 unspecified atom stereocenters. The van der Waals surface area contributed by atoms with Gasteiger partial charge in [0, 0.05) is 10.9 Å². The first kappa shape index (κ1) is 7.64. The third-order valence-corrected chi connectivity index (χ3v) is 2.15. The zero-order chi connectivity index (χ0) is 8.39. The number of nitrogens with zero attached hydrogens (tertiary/aromatic N) is 3. The standard InChI is InChI=1S/C7H4ClN3S/c8-7-2-1-6(10-11-7)5-3-9-12-4-5/h1-4H. The van der Waals surface area contributed by atoms with Gasteiger partial charge in [0.15, 0.2) is 5.15 Å². The molecule has 12 heavy (non-hydrogen) atoms. The van der Waals surface area contributed by atoms with Crippen LogP contribution in [0.1, 0.15) is 0 Å². The predicted octanol–water partition coefficient (Wildman–Crippen LogP) is 2.25. The van der Waals surface area contributed by atoms with Crippen LogP contribution in [0.2, 0.25) is 5.15 Å². The van der Waals surface area contributed by atoms with Gasteiger partial charge in [-0.05, 0) is 23.7 Å². The SMILES string of the molecule is Clc1ccc(-c2cnsc2)nn1. The highest BCUT2D eigenvalue weighted by atomic mass is 35.5. The summed E-state index contributed by atoms with van der Waals surface area (Å²) in [7, 11) is 0. The average molecular weight is 198 g/mol. The maximum Gasteiger partial charge on any atom is 0.151 e. The fourth-order valence-corrected chi connectivity index (χ4v) is 1.43. The van der Waals surface area contributed by atoms with Crippen LogP contribution >= 0.6 is 23.1 Å². The molecule has 0 aliphatic heterocycles. The Morgan fingerprint density at radius 1 is 1.25 bits per heavy atom. The van der Waals surface area contributed by atoms with Crippen LogP contribution < -0.4 is 0 Å². The third kappa shape index (κ3) is 1.44. The van der Waals surface area contributed by atoms with Crippen molar-refractivity contribution in [2.75, 3.05) is 0 Å². The second kappa shape index (κ2) is 3.16. The Hall–Kier alpha value is -1.00. The lowest BCUT2D eigenvalue weighted by Gasteiger charge is -1.92. The summed E-state index contributed by atoms with van der Waals surface area (Å²) < 4.78 is 3.96. The summed E-state index contributed by atoms with van der Waals surface area (Å²) in [6.45, 7) is 0. The zero-order valence-corrected chi connectivity index (χ0v) is 7.51. The fourth-order valence-electron chi connectivity index (χ4n) is 0.801. The molecule has 0 fully saturated rings. The molecule has 0 saturated heterocycles. The summed E-state index contributed by atoms with van der Waals surface area (Å²) in [5, 5.41) is 9.95. The lowest BCUT2D eigenvalue weighted by molar-refractivity contribution is 1.04. The van der Waals surface area contributed by atoms with E-state index in [1.54, 1.807) is 12.3 Å². The van der Waals surface area contributed by atoms with E-state index in [2.05, 4.69) is 14.6 Å². The third-order valence-electron chi connectivity index (χ3n) is 1.36. The van der Waals surface area contributed by atoms with Crippen molar-refractivity contribution >= 4 is 23.1 Å². The van der Waals surface area contributed by atoms with Gasteiger partial charge >= 0.3 is 0 Å². The van der Waals surface area contributed by atoms with Crippen molar-refractivity contribution in [3.05, 3.63) is 28.9 Å².